The fourth-order valence-corrected chi connectivity index (χ4v) is 4.02. The summed E-state index contributed by atoms with van der Waals surface area (Å²) in [5, 5.41) is 12.0. The Hall–Kier alpha value is -3.73. The van der Waals surface area contributed by atoms with Crippen LogP contribution in [0, 0.1) is 17.0 Å². The molecule has 1 unspecified atom stereocenters. The lowest BCUT2D eigenvalue weighted by atomic mass is 9.85. The highest BCUT2D eigenvalue weighted by Crippen LogP contribution is 2.47. The molecule has 0 N–H and O–H groups in total. The number of para-hydroxylation sites is 1. The highest BCUT2D eigenvalue weighted by Gasteiger charge is 2.41. The first kappa shape index (κ1) is 18.6. The van der Waals surface area contributed by atoms with Gasteiger partial charge in [0.15, 0.2) is 0 Å². The Balaban J connectivity index is 1.87. The van der Waals surface area contributed by atoms with E-state index in [-0.39, 0.29) is 10.6 Å². The van der Waals surface area contributed by atoms with Crippen LogP contribution < -0.4 is 4.74 Å². The lowest BCUT2D eigenvalue weighted by molar-refractivity contribution is -0.427. The van der Waals surface area contributed by atoms with E-state index in [2.05, 4.69) is 0 Å². The van der Waals surface area contributed by atoms with Gasteiger partial charge in [-0.15, -0.1) is 0 Å². The van der Waals surface area contributed by atoms with Gasteiger partial charge in [-0.2, -0.15) is 0 Å². The van der Waals surface area contributed by atoms with E-state index in [9.17, 15) is 14.9 Å². The molecular formula is C24H19NO4. The molecule has 0 aliphatic heterocycles. The van der Waals surface area contributed by atoms with E-state index in [4.69, 9.17) is 4.74 Å². The third-order valence-corrected chi connectivity index (χ3v) is 5.32. The van der Waals surface area contributed by atoms with Gasteiger partial charge in [0.05, 0.1) is 10.5 Å². The molecule has 3 aromatic rings. The number of hydrogen-bond donors (Lipinski definition) is 0. The molecule has 29 heavy (non-hydrogen) atoms. The predicted octanol–water partition coefficient (Wildman–Crippen LogP) is 5.37. The molecule has 0 fully saturated rings. The summed E-state index contributed by atoms with van der Waals surface area (Å²) in [5.41, 5.74) is 4.17. The van der Waals surface area contributed by atoms with E-state index < -0.39 is 11.9 Å². The fourth-order valence-electron chi connectivity index (χ4n) is 4.02. The number of aryl methyl sites for hydroxylation is 1. The third kappa shape index (κ3) is 3.21. The standard InChI is InChI=1S/C24H19NO4/c1-15-9-8-14-20(24(26)29-17-10-4-3-5-11-17)21(15)22-19-13-7-6-12-18(19)16(2)23(22)25(27)28/h3-14,22H,1-2H3. The van der Waals surface area contributed by atoms with E-state index in [0.717, 1.165) is 16.7 Å². The SMILES string of the molecule is CC1=C([N+](=O)[O-])C(c2c(C)cccc2C(=O)Oc2ccccc2)c2ccccc21. The molecule has 0 spiro atoms. The van der Waals surface area contributed by atoms with Crippen molar-refractivity contribution >= 4 is 11.5 Å². The molecule has 0 heterocycles. The van der Waals surface area contributed by atoms with Crippen molar-refractivity contribution in [3.05, 3.63) is 116 Å². The van der Waals surface area contributed by atoms with E-state index >= 15 is 0 Å². The Kier molecular flexibility index (Phi) is 4.72. The Morgan fingerprint density at radius 1 is 0.931 bits per heavy atom. The molecule has 3 aromatic carbocycles. The second kappa shape index (κ2) is 7.36. The molecule has 0 radical (unpaired) electrons. The third-order valence-electron chi connectivity index (χ3n) is 5.32. The van der Waals surface area contributed by atoms with Gasteiger partial charge < -0.3 is 4.74 Å². The molecule has 5 nitrogen and oxygen atoms in total. The van der Waals surface area contributed by atoms with Crippen molar-refractivity contribution in [3.63, 3.8) is 0 Å². The van der Waals surface area contributed by atoms with E-state index in [0.29, 0.717) is 22.4 Å². The zero-order valence-electron chi connectivity index (χ0n) is 16.1. The number of hydrogen-bond acceptors (Lipinski definition) is 4. The highest BCUT2D eigenvalue weighted by atomic mass is 16.6. The van der Waals surface area contributed by atoms with Crippen LogP contribution in [0.15, 0.2) is 78.5 Å². The normalized spacial score (nSPS) is 15.2. The molecule has 0 aromatic heterocycles. The molecule has 1 aliphatic carbocycles. The quantitative estimate of drug-likeness (QED) is 0.262. The van der Waals surface area contributed by atoms with Crippen LogP contribution >= 0.6 is 0 Å². The van der Waals surface area contributed by atoms with Crippen molar-refractivity contribution in [1.82, 2.24) is 0 Å². The first-order chi connectivity index (χ1) is 14.0. The van der Waals surface area contributed by atoms with E-state index in [1.165, 1.54) is 0 Å². The first-order valence-corrected chi connectivity index (χ1v) is 9.30. The summed E-state index contributed by atoms with van der Waals surface area (Å²) in [6, 6.07) is 21.6. The van der Waals surface area contributed by atoms with Crippen molar-refractivity contribution in [1.29, 1.82) is 0 Å². The molecule has 5 heteroatoms. The number of esters is 1. The zero-order valence-corrected chi connectivity index (χ0v) is 16.1. The number of nitrogens with zero attached hydrogens (tertiary/aromatic N) is 1. The lowest BCUT2D eigenvalue weighted by Gasteiger charge is -2.18. The number of fused-ring (bicyclic) bond motifs is 1. The number of ether oxygens (including phenoxy) is 1. The molecule has 1 atom stereocenters. The van der Waals surface area contributed by atoms with Crippen molar-refractivity contribution < 1.29 is 14.5 Å². The number of allylic oxidation sites excluding steroid dienone is 2. The molecule has 1 aliphatic rings. The molecule has 144 valence electrons. The Morgan fingerprint density at radius 3 is 2.34 bits per heavy atom. The summed E-state index contributed by atoms with van der Waals surface area (Å²) in [5.74, 6) is -0.724. The van der Waals surface area contributed by atoms with E-state index in [1.54, 1.807) is 43.3 Å². The molecule has 0 bridgehead atoms. The minimum atomic E-state index is -0.624. The molecule has 4 rings (SSSR count). The molecule has 0 saturated carbocycles. The van der Waals surface area contributed by atoms with Gasteiger partial charge in [-0.3, -0.25) is 10.1 Å². The van der Waals surface area contributed by atoms with Crippen LogP contribution in [0.4, 0.5) is 0 Å². The lowest BCUT2D eigenvalue weighted by Crippen LogP contribution is -2.17. The topological polar surface area (TPSA) is 69.4 Å². The molecule has 0 amide bonds. The largest absolute Gasteiger partial charge is 0.423 e. The van der Waals surface area contributed by atoms with Crippen LogP contribution in [0.1, 0.15) is 45.5 Å². The fraction of sp³-hybridized carbons (Fsp3) is 0.125. The van der Waals surface area contributed by atoms with Crippen LogP contribution in [0.25, 0.3) is 5.57 Å². The Labute approximate surface area is 168 Å². The van der Waals surface area contributed by atoms with E-state index in [1.807, 2.05) is 43.3 Å². The first-order valence-electron chi connectivity index (χ1n) is 9.30. The van der Waals surface area contributed by atoms with Crippen molar-refractivity contribution in [2.75, 3.05) is 0 Å². The minimum absolute atomic E-state index is 0.106. The number of carbonyl (C=O) groups is 1. The molecule has 0 saturated heterocycles. The minimum Gasteiger partial charge on any atom is -0.423 e. The summed E-state index contributed by atoms with van der Waals surface area (Å²) in [6.07, 6.45) is 0. The highest BCUT2D eigenvalue weighted by molar-refractivity contribution is 5.94. The van der Waals surface area contributed by atoms with Crippen molar-refractivity contribution in [2.24, 2.45) is 0 Å². The molecular weight excluding hydrogens is 366 g/mol. The van der Waals surface area contributed by atoms with Gasteiger partial charge in [0.25, 0.3) is 5.70 Å². The summed E-state index contributed by atoms with van der Waals surface area (Å²) in [6.45, 7) is 3.62. The predicted molar refractivity (Wildman–Crippen MR) is 110 cm³/mol. The Bertz CT molecular complexity index is 1150. The van der Waals surface area contributed by atoms with Crippen molar-refractivity contribution in [2.45, 2.75) is 19.8 Å². The second-order valence-electron chi connectivity index (χ2n) is 7.03. The number of nitro groups is 1. The average molecular weight is 385 g/mol. The summed E-state index contributed by atoms with van der Waals surface area (Å²) >= 11 is 0. The van der Waals surface area contributed by atoms with Gasteiger partial charge in [0.2, 0.25) is 0 Å². The number of benzene rings is 3. The maximum absolute atomic E-state index is 13.0. The van der Waals surface area contributed by atoms with Crippen LogP contribution in [-0.2, 0) is 0 Å². The Morgan fingerprint density at radius 2 is 1.62 bits per heavy atom. The van der Waals surface area contributed by atoms with Gasteiger partial charge >= 0.3 is 5.97 Å². The zero-order chi connectivity index (χ0) is 20.5. The van der Waals surface area contributed by atoms with Crippen LogP contribution in [0.3, 0.4) is 0 Å². The van der Waals surface area contributed by atoms with Gasteiger partial charge in [-0.05, 0) is 54.3 Å². The number of carbonyl (C=O) groups excluding carboxylic acids is 1. The maximum Gasteiger partial charge on any atom is 0.343 e. The van der Waals surface area contributed by atoms with Crippen LogP contribution in [-0.4, -0.2) is 10.9 Å². The summed E-state index contributed by atoms with van der Waals surface area (Å²) in [7, 11) is 0. The monoisotopic (exact) mass is 385 g/mol. The van der Waals surface area contributed by atoms with Gasteiger partial charge in [-0.25, -0.2) is 4.79 Å². The summed E-state index contributed by atoms with van der Waals surface area (Å²) < 4.78 is 5.54. The van der Waals surface area contributed by atoms with Crippen molar-refractivity contribution in [3.8, 4) is 5.75 Å². The van der Waals surface area contributed by atoms with Crippen LogP contribution in [0.2, 0.25) is 0 Å². The second-order valence-corrected chi connectivity index (χ2v) is 7.03. The van der Waals surface area contributed by atoms with Gasteiger partial charge in [-0.1, -0.05) is 54.6 Å². The average Bonchev–Trinajstić information content (AvgIpc) is 3.01. The van der Waals surface area contributed by atoms with Gasteiger partial charge in [0, 0.05) is 5.57 Å². The maximum atomic E-state index is 13.0. The smallest absolute Gasteiger partial charge is 0.343 e. The van der Waals surface area contributed by atoms with Crippen LogP contribution in [0.5, 0.6) is 5.75 Å². The van der Waals surface area contributed by atoms with Gasteiger partial charge in [0.1, 0.15) is 11.7 Å². The number of rotatable bonds is 4. The summed E-state index contributed by atoms with van der Waals surface area (Å²) in [4.78, 5) is 24.7.